The van der Waals surface area contributed by atoms with E-state index in [9.17, 15) is 9.18 Å². The first kappa shape index (κ1) is 16.2. The Balaban J connectivity index is 3.01. The topological polar surface area (TPSA) is 20.3 Å². The zero-order valence-electron chi connectivity index (χ0n) is 11.7. The van der Waals surface area contributed by atoms with Gasteiger partial charge in [-0.1, -0.05) is 26.3 Å². The molecule has 0 aromatic heterocycles. The van der Waals surface area contributed by atoms with Crippen LogP contribution in [0.1, 0.15) is 50.4 Å². The lowest BCUT2D eigenvalue weighted by Gasteiger charge is -2.29. The van der Waals surface area contributed by atoms with Gasteiger partial charge in [-0.15, -0.1) is 0 Å². The summed E-state index contributed by atoms with van der Waals surface area (Å²) in [6, 6.07) is 4.74. The normalized spacial score (nSPS) is 12.3. The quantitative estimate of drug-likeness (QED) is 0.745. The number of rotatable bonds is 6. The number of carbonyl (C=O) groups is 1. The van der Waals surface area contributed by atoms with Crippen LogP contribution in [0.2, 0.25) is 0 Å². The SMILES string of the molecule is CCCCN(C(=O)c1cccc(F)c1Br)C(C)CC. The van der Waals surface area contributed by atoms with E-state index in [1.165, 1.54) is 6.07 Å². The summed E-state index contributed by atoms with van der Waals surface area (Å²) in [5.74, 6) is -0.500. The third-order valence-electron chi connectivity index (χ3n) is 3.32. The predicted molar refractivity (Wildman–Crippen MR) is 79.8 cm³/mol. The van der Waals surface area contributed by atoms with Crippen LogP contribution in [0.15, 0.2) is 22.7 Å². The first-order valence-electron chi connectivity index (χ1n) is 6.77. The van der Waals surface area contributed by atoms with Gasteiger partial charge in [0, 0.05) is 12.6 Å². The average Bonchev–Trinajstić information content (AvgIpc) is 2.41. The fourth-order valence-corrected chi connectivity index (χ4v) is 2.33. The molecule has 1 aromatic carbocycles. The molecule has 0 radical (unpaired) electrons. The van der Waals surface area contributed by atoms with Gasteiger partial charge < -0.3 is 4.90 Å². The zero-order chi connectivity index (χ0) is 14.4. The van der Waals surface area contributed by atoms with E-state index in [0.29, 0.717) is 12.1 Å². The van der Waals surface area contributed by atoms with Crippen LogP contribution in [0.25, 0.3) is 0 Å². The van der Waals surface area contributed by atoms with Crippen LogP contribution in [0, 0.1) is 5.82 Å². The molecule has 0 aliphatic carbocycles. The van der Waals surface area contributed by atoms with E-state index in [4.69, 9.17) is 0 Å². The molecule has 0 bridgehead atoms. The summed E-state index contributed by atoms with van der Waals surface area (Å²) < 4.78 is 13.8. The number of carbonyl (C=O) groups excluding carboxylic acids is 1. The van der Waals surface area contributed by atoms with Crippen molar-refractivity contribution >= 4 is 21.8 Å². The fourth-order valence-electron chi connectivity index (χ4n) is 1.89. The molecular weight excluding hydrogens is 309 g/mol. The molecule has 2 nitrogen and oxygen atoms in total. The first-order valence-corrected chi connectivity index (χ1v) is 7.57. The van der Waals surface area contributed by atoms with Crippen molar-refractivity contribution in [3.63, 3.8) is 0 Å². The highest BCUT2D eigenvalue weighted by molar-refractivity contribution is 9.10. The molecule has 1 rings (SSSR count). The molecule has 1 unspecified atom stereocenters. The smallest absolute Gasteiger partial charge is 0.255 e. The minimum Gasteiger partial charge on any atom is -0.336 e. The third kappa shape index (κ3) is 4.03. The van der Waals surface area contributed by atoms with Crippen molar-refractivity contribution in [3.8, 4) is 0 Å². The minimum absolute atomic E-state index is 0.103. The molecular formula is C15H21BrFNO. The highest BCUT2D eigenvalue weighted by atomic mass is 79.9. The van der Waals surface area contributed by atoms with Gasteiger partial charge in [-0.3, -0.25) is 4.79 Å². The summed E-state index contributed by atoms with van der Waals surface area (Å²) in [5.41, 5.74) is 0.399. The van der Waals surface area contributed by atoms with E-state index in [2.05, 4.69) is 29.8 Å². The van der Waals surface area contributed by atoms with Gasteiger partial charge in [0.25, 0.3) is 5.91 Å². The van der Waals surface area contributed by atoms with E-state index in [1.54, 1.807) is 12.1 Å². The van der Waals surface area contributed by atoms with Crippen LogP contribution in [-0.2, 0) is 0 Å². The number of hydrogen-bond donors (Lipinski definition) is 0. The Kier molecular flexibility index (Phi) is 6.49. The monoisotopic (exact) mass is 329 g/mol. The second-order valence-corrected chi connectivity index (χ2v) is 5.50. The first-order chi connectivity index (χ1) is 9.02. The van der Waals surface area contributed by atoms with Gasteiger partial charge in [-0.05, 0) is 47.8 Å². The van der Waals surface area contributed by atoms with E-state index in [-0.39, 0.29) is 16.4 Å². The molecule has 0 heterocycles. The maximum atomic E-state index is 13.5. The van der Waals surface area contributed by atoms with Crippen molar-refractivity contribution in [3.05, 3.63) is 34.1 Å². The standard InChI is InChI=1S/C15H21BrFNO/c1-4-6-10-18(11(3)5-2)15(19)12-8-7-9-13(17)14(12)16/h7-9,11H,4-6,10H2,1-3H3. The summed E-state index contributed by atoms with van der Waals surface area (Å²) in [6.07, 6.45) is 2.88. The lowest BCUT2D eigenvalue weighted by Crippen LogP contribution is -2.39. The Morgan fingerprint density at radius 1 is 1.42 bits per heavy atom. The second-order valence-electron chi connectivity index (χ2n) is 4.71. The number of halogens is 2. The van der Waals surface area contributed by atoms with Crippen LogP contribution in [0.5, 0.6) is 0 Å². The molecule has 0 saturated carbocycles. The summed E-state index contributed by atoms with van der Waals surface area (Å²) in [7, 11) is 0. The maximum Gasteiger partial charge on any atom is 0.255 e. The van der Waals surface area contributed by atoms with E-state index in [0.717, 1.165) is 19.3 Å². The molecule has 0 N–H and O–H groups in total. The summed E-state index contributed by atoms with van der Waals surface area (Å²) in [6.45, 7) is 6.89. The second kappa shape index (κ2) is 7.63. The van der Waals surface area contributed by atoms with Crippen molar-refractivity contribution in [2.45, 2.75) is 46.1 Å². The highest BCUT2D eigenvalue weighted by Crippen LogP contribution is 2.23. The van der Waals surface area contributed by atoms with Gasteiger partial charge in [0.05, 0.1) is 10.0 Å². The minimum atomic E-state index is -0.398. The fraction of sp³-hybridized carbons (Fsp3) is 0.533. The molecule has 0 aliphatic rings. The van der Waals surface area contributed by atoms with Crippen LogP contribution in [0.4, 0.5) is 4.39 Å². The van der Waals surface area contributed by atoms with Crippen molar-refractivity contribution in [2.75, 3.05) is 6.54 Å². The molecule has 1 amide bonds. The van der Waals surface area contributed by atoms with Crippen LogP contribution < -0.4 is 0 Å². The van der Waals surface area contributed by atoms with Crippen LogP contribution >= 0.6 is 15.9 Å². The molecule has 4 heteroatoms. The maximum absolute atomic E-state index is 13.5. The molecule has 1 aromatic rings. The van der Waals surface area contributed by atoms with E-state index >= 15 is 0 Å². The van der Waals surface area contributed by atoms with Crippen molar-refractivity contribution in [1.29, 1.82) is 0 Å². The number of amides is 1. The van der Waals surface area contributed by atoms with Gasteiger partial charge in [0.15, 0.2) is 0 Å². The number of unbranched alkanes of at least 4 members (excludes halogenated alkanes) is 1. The Hall–Kier alpha value is -0.900. The van der Waals surface area contributed by atoms with E-state index in [1.807, 2.05) is 11.8 Å². The molecule has 19 heavy (non-hydrogen) atoms. The molecule has 106 valence electrons. The van der Waals surface area contributed by atoms with Crippen molar-refractivity contribution in [1.82, 2.24) is 4.90 Å². The zero-order valence-corrected chi connectivity index (χ0v) is 13.3. The van der Waals surface area contributed by atoms with Gasteiger partial charge in [0.1, 0.15) is 5.82 Å². The molecule has 0 saturated heterocycles. The molecule has 1 atom stereocenters. The Morgan fingerprint density at radius 3 is 2.68 bits per heavy atom. The number of hydrogen-bond acceptors (Lipinski definition) is 1. The summed E-state index contributed by atoms with van der Waals surface area (Å²) in [5, 5.41) is 0. The lowest BCUT2D eigenvalue weighted by atomic mass is 10.1. The van der Waals surface area contributed by atoms with Gasteiger partial charge in [-0.2, -0.15) is 0 Å². The van der Waals surface area contributed by atoms with Crippen molar-refractivity contribution < 1.29 is 9.18 Å². The third-order valence-corrected chi connectivity index (χ3v) is 4.12. The molecule has 0 aliphatic heterocycles. The largest absolute Gasteiger partial charge is 0.336 e. The summed E-state index contributed by atoms with van der Waals surface area (Å²) >= 11 is 3.17. The highest BCUT2D eigenvalue weighted by Gasteiger charge is 2.22. The Bertz CT molecular complexity index is 436. The summed E-state index contributed by atoms with van der Waals surface area (Å²) in [4.78, 5) is 14.4. The van der Waals surface area contributed by atoms with E-state index < -0.39 is 5.82 Å². The lowest BCUT2D eigenvalue weighted by molar-refractivity contribution is 0.0683. The predicted octanol–water partition coefficient (Wildman–Crippen LogP) is 4.63. The Morgan fingerprint density at radius 2 is 2.11 bits per heavy atom. The molecule has 0 spiro atoms. The van der Waals surface area contributed by atoms with Crippen molar-refractivity contribution in [2.24, 2.45) is 0 Å². The number of nitrogens with zero attached hydrogens (tertiary/aromatic N) is 1. The van der Waals surface area contributed by atoms with Gasteiger partial charge >= 0.3 is 0 Å². The van der Waals surface area contributed by atoms with Gasteiger partial charge in [0.2, 0.25) is 0 Å². The van der Waals surface area contributed by atoms with Gasteiger partial charge in [-0.25, -0.2) is 4.39 Å². The Labute approximate surface area is 123 Å². The number of benzene rings is 1. The van der Waals surface area contributed by atoms with Crippen LogP contribution in [0.3, 0.4) is 0 Å². The van der Waals surface area contributed by atoms with Crippen LogP contribution in [-0.4, -0.2) is 23.4 Å². The molecule has 0 fully saturated rings. The average molecular weight is 330 g/mol.